The average molecular weight is 464 g/mol. The molecular formula is C16H24F3O6PS2. The Hall–Kier alpha value is -0.580. The van der Waals surface area contributed by atoms with Crippen LogP contribution in [0.1, 0.15) is 40.2 Å². The molecule has 162 valence electrons. The molecule has 0 heterocycles. The van der Waals surface area contributed by atoms with Crippen LogP contribution in [0.25, 0.3) is 0 Å². The highest BCUT2D eigenvalue weighted by Gasteiger charge is 2.36. The van der Waals surface area contributed by atoms with E-state index >= 15 is 0 Å². The number of benzene rings is 1. The van der Waals surface area contributed by atoms with Gasteiger partial charge in [0.25, 0.3) is 10.1 Å². The minimum absolute atomic E-state index is 0.152. The molecule has 0 fully saturated rings. The summed E-state index contributed by atoms with van der Waals surface area (Å²) in [5.74, 6) is 0. The van der Waals surface area contributed by atoms with Crippen molar-refractivity contribution in [1.29, 1.82) is 0 Å². The number of thioether (sulfide) groups is 1. The summed E-state index contributed by atoms with van der Waals surface area (Å²) in [4.78, 5) is -1.11. The number of hydrogen-bond donors (Lipinski definition) is 0. The molecule has 6 nitrogen and oxygen atoms in total. The molecule has 1 aromatic carbocycles. The van der Waals surface area contributed by atoms with Crippen LogP contribution in [0.2, 0.25) is 0 Å². The zero-order valence-corrected chi connectivity index (χ0v) is 18.7. The van der Waals surface area contributed by atoms with E-state index in [2.05, 4.69) is 0 Å². The molecule has 0 saturated carbocycles. The Bertz CT molecular complexity index is 795. The molecule has 0 bridgehead atoms. The van der Waals surface area contributed by atoms with E-state index in [0.29, 0.717) is 0 Å². The van der Waals surface area contributed by atoms with Gasteiger partial charge < -0.3 is 9.05 Å². The summed E-state index contributed by atoms with van der Waals surface area (Å²) in [6.45, 7) is 7.92. The molecule has 0 aromatic heterocycles. The second kappa shape index (κ2) is 9.95. The first-order chi connectivity index (χ1) is 12.7. The van der Waals surface area contributed by atoms with Gasteiger partial charge >= 0.3 is 13.1 Å². The average Bonchev–Trinajstić information content (AvgIpc) is 2.49. The van der Waals surface area contributed by atoms with Crippen molar-refractivity contribution in [3.63, 3.8) is 0 Å². The SMILES string of the molecule is CCc1cccc(SC(F)(F)F)c1S(=O)(=O)OCP(=O)(OC(C)C)OC(C)C. The molecule has 0 N–H and O–H groups in total. The van der Waals surface area contributed by atoms with Gasteiger partial charge in [0.2, 0.25) is 0 Å². The molecule has 0 unspecified atom stereocenters. The van der Waals surface area contributed by atoms with Gasteiger partial charge in [-0.3, -0.25) is 8.75 Å². The van der Waals surface area contributed by atoms with Gasteiger partial charge in [-0.05, 0) is 57.5 Å². The molecule has 0 spiro atoms. The van der Waals surface area contributed by atoms with Crippen molar-refractivity contribution >= 4 is 29.5 Å². The molecular weight excluding hydrogens is 440 g/mol. The number of halogens is 3. The molecule has 0 aliphatic carbocycles. The lowest BCUT2D eigenvalue weighted by Gasteiger charge is -2.23. The lowest BCUT2D eigenvalue weighted by molar-refractivity contribution is -0.0329. The van der Waals surface area contributed by atoms with Crippen LogP contribution in [0.15, 0.2) is 28.0 Å². The molecule has 1 rings (SSSR count). The smallest absolute Gasteiger partial charge is 0.304 e. The Labute approximate surface area is 167 Å². The van der Waals surface area contributed by atoms with Crippen molar-refractivity contribution in [3.05, 3.63) is 23.8 Å². The van der Waals surface area contributed by atoms with Crippen molar-refractivity contribution < 1.29 is 39.4 Å². The predicted molar refractivity (Wildman–Crippen MR) is 101 cm³/mol. The van der Waals surface area contributed by atoms with Crippen molar-refractivity contribution in [2.24, 2.45) is 0 Å². The van der Waals surface area contributed by atoms with E-state index in [1.807, 2.05) is 0 Å². The summed E-state index contributed by atoms with van der Waals surface area (Å²) in [5.41, 5.74) is -4.54. The van der Waals surface area contributed by atoms with Crippen LogP contribution >= 0.6 is 19.4 Å². The third-order valence-electron chi connectivity index (χ3n) is 3.03. The second-order valence-corrected chi connectivity index (χ2v) is 10.8. The Balaban J connectivity index is 3.27. The maximum atomic E-state index is 12.8. The van der Waals surface area contributed by atoms with E-state index in [9.17, 15) is 26.2 Å². The fourth-order valence-corrected chi connectivity index (χ4v) is 6.79. The van der Waals surface area contributed by atoms with Gasteiger partial charge in [-0.25, -0.2) is 0 Å². The molecule has 0 aliphatic heterocycles. The number of hydrogen-bond acceptors (Lipinski definition) is 7. The first-order valence-electron chi connectivity index (χ1n) is 8.42. The molecule has 28 heavy (non-hydrogen) atoms. The van der Waals surface area contributed by atoms with Crippen LogP contribution in [-0.4, -0.2) is 32.5 Å². The van der Waals surface area contributed by atoms with Crippen LogP contribution < -0.4 is 0 Å². The summed E-state index contributed by atoms with van der Waals surface area (Å²) in [6.07, 6.45) is -1.88. The highest BCUT2D eigenvalue weighted by atomic mass is 32.2. The van der Waals surface area contributed by atoms with E-state index in [4.69, 9.17) is 13.2 Å². The molecule has 12 heteroatoms. The van der Waals surface area contributed by atoms with Gasteiger partial charge in [0.15, 0.2) is 6.35 Å². The van der Waals surface area contributed by atoms with Crippen LogP contribution in [0.3, 0.4) is 0 Å². The summed E-state index contributed by atoms with van der Waals surface area (Å²) in [6, 6.07) is 3.77. The monoisotopic (exact) mass is 464 g/mol. The highest BCUT2D eigenvalue weighted by Crippen LogP contribution is 2.51. The van der Waals surface area contributed by atoms with E-state index in [0.717, 1.165) is 6.07 Å². The number of alkyl halides is 3. The van der Waals surface area contributed by atoms with E-state index in [-0.39, 0.29) is 12.0 Å². The largest absolute Gasteiger partial charge is 0.446 e. The molecule has 0 aliphatic rings. The first kappa shape index (κ1) is 25.5. The van der Waals surface area contributed by atoms with Crippen LogP contribution in [0, 0.1) is 0 Å². The Morgan fingerprint density at radius 2 is 1.64 bits per heavy atom. The molecule has 1 aromatic rings. The zero-order valence-electron chi connectivity index (χ0n) is 16.1. The normalized spacial score (nSPS) is 13.5. The summed E-state index contributed by atoms with van der Waals surface area (Å²) in [5, 5.41) is 0. The minimum atomic E-state index is -4.69. The topological polar surface area (TPSA) is 78.9 Å². The van der Waals surface area contributed by atoms with Crippen molar-refractivity contribution in [1.82, 2.24) is 0 Å². The van der Waals surface area contributed by atoms with Gasteiger partial charge in [0, 0.05) is 4.90 Å². The maximum absolute atomic E-state index is 12.8. The van der Waals surface area contributed by atoms with Crippen molar-refractivity contribution in [2.75, 3.05) is 6.35 Å². The Morgan fingerprint density at radius 3 is 2.07 bits per heavy atom. The third kappa shape index (κ3) is 8.04. The lowest BCUT2D eigenvalue weighted by Crippen LogP contribution is -2.16. The van der Waals surface area contributed by atoms with Gasteiger partial charge in [0.1, 0.15) is 4.90 Å². The van der Waals surface area contributed by atoms with Gasteiger partial charge in [-0.1, -0.05) is 19.1 Å². The number of rotatable bonds is 10. The maximum Gasteiger partial charge on any atom is 0.446 e. The summed E-state index contributed by atoms with van der Waals surface area (Å²) >= 11 is -0.552. The van der Waals surface area contributed by atoms with Crippen molar-refractivity contribution in [3.8, 4) is 0 Å². The molecule has 0 saturated heterocycles. The van der Waals surface area contributed by atoms with E-state index in [1.165, 1.54) is 12.1 Å². The van der Waals surface area contributed by atoms with Crippen LogP contribution in [-0.2, 0) is 34.3 Å². The minimum Gasteiger partial charge on any atom is -0.304 e. The standard InChI is InChI=1S/C16H24F3O6PS2/c1-6-13-8-7-9-14(27-16(17,18)19)15(13)28(21,22)23-10-26(20,24-11(2)3)25-12(4)5/h7-9,11-12H,6,10H2,1-5H3. The van der Waals surface area contributed by atoms with Crippen LogP contribution in [0.5, 0.6) is 0 Å². The number of aryl methyl sites for hydroxylation is 1. The fourth-order valence-electron chi connectivity index (χ4n) is 2.25. The lowest BCUT2D eigenvalue weighted by atomic mass is 10.2. The van der Waals surface area contributed by atoms with E-state index < -0.39 is 63.3 Å². The fraction of sp³-hybridized carbons (Fsp3) is 0.625. The van der Waals surface area contributed by atoms with Gasteiger partial charge in [-0.2, -0.15) is 21.6 Å². The Kier molecular flexibility index (Phi) is 9.05. The molecule has 0 radical (unpaired) electrons. The van der Waals surface area contributed by atoms with Crippen molar-refractivity contribution in [2.45, 2.75) is 68.5 Å². The van der Waals surface area contributed by atoms with E-state index in [1.54, 1.807) is 34.6 Å². The van der Waals surface area contributed by atoms with Gasteiger partial charge in [0.05, 0.1) is 12.2 Å². The quantitative estimate of drug-likeness (QED) is 0.255. The zero-order chi connectivity index (χ0) is 21.8. The molecule has 0 amide bonds. The molecule has 0 atom stereocenters. The summed E-state index contributed by atoms with van der Waals surface area (Å²) in [7, 11) is -8.62. The Morgan fingerprint density at radius 1 is 1.11 bits per heavy atom. The second-order valence-electron chi connectivity index (χ2n) is 6.27. The third-order valence-corrected chi connectivity index (χ3v) is 7.46. The highest BCUT2D eigenvalue weighted by molar-refractivity contribution is 8.00. The predicted octanol–water partition coefficient (Wildman–Crippen LogP) is 5.57. The first-order valence-corrected chi connectivity index (χ1v) is 12.4. The van der Waals surface area contributed by atoms with Gasteiger partial charge in [-0.15, -0.1) is 0 Å². The summed E-state index contributed by atoms with van der Waals surface area (Å²) < 4.78 is 92.0. The van der Waals surface area contributed by atoms with Crippen LogP contribution in [0.4, 0.5) is 13.2 Å².